The molecule has 8 atom stereocenters. The van der Waals surface area contributed by atoms with E-state index >= 15 is 0 Å². The third kappa shape index (κ3) is 10.2. The minimum absolute atomic E-state index is 0.0237. The summed E-state index contributed by atoms with van der Waals surface area (Å²) in [5.41, 5.74) is 7.83. The maximum atomic E-state index is 12.4. The maximum absolute atomic E-state index is 12.4. The first-order chi connectivity index (χ1) is 35.9. The lowest BCUT2D eigenvalue weighted by atomic mass is 9.67. The van der Waals surface area contributed by atoms with Crippen LogP contribution in [0.3, 0.4) is 0 Å². The van der Waals surface area contributed by atoms with Gasteiger partial charge < -0.3 is 38.2 Å². The minimum Gasteiger partial charge on any atom is -0.490 e. The van der Waals surface area contributed by atoms with E-state index in [0.717, 1.165) is 123 Å². The van der Waals surface area contributed by atoms with Crippen LogP contribution in [0.25, 0.3) is 0 Å². The summed E-state index contributed by atoms with van der Waals surface area (Å²) in [6.45, 7) is 5.51. The van der Waals surface area contributed by atoms with Crippen molar-refractivity contribution in [3.05, 3.63) is 116 Å². The molecule has 4 aliphatic carbocycles. The molecule has 0 N–H and O–H groups in total. The molecule has 12 nitrogen and oxygen atoms in total. The van der Waals surface area contributed by atoms with Gasteiger partial charge >= 0.3 is 11.9 Å². The molecule has 0 aromatic heterocycles. The van der Waals surface area contributed by atoms with Gasteiger partial charge in [0.25, 0.3) is 0 Å². The van der Waals surface area contributed by atoms with Crippen molar-refractivity contribution in [2.24, 2.45) is 23.7 Å². The predicted octanol–water partition coefficient (Wildman–Crippen LogP) is 10.7. The highest BCUT2D eigenvalue weighted by molar-refractivity contribution is 6.31. The van der Waals surface area contributed by atoms with Gasteiger partial charge in [-0.3, -0.25) is 9.59 Å². The van der Waals surface area contributed by atoms with Gasteiger partial charge in [0.2, 0.25) is 0 Å². The van der Waals surface area contributed by atoms with E-state index in [2.05, 4.69) is 34.1 Å². The summed E-state index contributed by atoms with van der Waals surface area (Å²) in [6.07, 6.45) is 12.9. The summed E-state index contributed by atoms with van der Waals surface area (Å²) in [7, 11) is 2.82. The first-order valence-electron chi connectivity index (χ1n) is 27.0. The summed E-state index contributed by atoms with van der Waals surface area (Å²) in [6, 6.07) is 23.8. The Balaban J connectivity index is 0.000000159. The number of ether oxygens (including phenoxy) is 6. The number of carbonyl (C=O) groups is 4. The molecule has 392 valence electrons. The fourth-order valence-corrected chi connectivity index (χ4v) is 14.3. The van der Waals surface area contributed by atoms with Crippen LogP contribution in [-0.4, -0.2) is 103 Å². The van der Waals surface area contributed by atoms with Gasteiger partial charge in [-0.25, -0.2) is 9.59 Å². The van der Waals surface area contributed by atoms with Gasteiger partial charge in [0, 0.05) is 72.7 Å². The monoisotopic (exact) mass is 1050 g/mol. The van der Waals surface area contributed by atoms with Crippen molar-refractivity contribution < 1.29 is 47.6 Å². The first-order valence-corrected chi connectivity index (χ1v) is 27.7. The Labute approximate surface area is 444 Å². The Bertz CT molecular complexity index is 2620. The van der Waals surface area contributed by atoms with Gasteiger partial charge in [-0.2, -0.15) is 0 Å². The van der Waals surface area contributed by atoms with Gasteiger partial charge in [-0.15, -0.1) is 0 Å². The molecular weight excluding hydrogens is 980 g/mol. The van der Waals surface area contributed by atoms with E-state index in [4.69, 9.17) is 51.6 Å². The second kappa shape index (κ2) is 21.5. The second-order valence-electron chi connectivity index (χ2n) is 22.4. The third-order valence-corrected chi connectivity index (χ3v) is 18.5. The zero-order chi connectivity index (χ0) is 51.1. The van der Waals surface area contributed by atoms with Crippen LogP contribution in [0.1, 0.15) is 120 Å². The Hall–Kier alpha value is -5.14. The van der Waals surface area contributed by atoms with E-state index in [9.17, 15) is 19.2 Å². The summed E-state index contributed by atoms with van der Waals surface area (Å²) in [5, 5.41) is 1.54. The van der Waals surface area contributed by atoms with Crippen molar-refractivity contribution >= 4 is 58.1 Å². The van der Waals surface area contributed by atoms with E-state index in [0.29, 0.717) is 98.5 Å². The number of benzene rings is 4. The first kappa shape index (κ1) is 51.0. The van der Waals surface area contributed by atoms with Crippen molar-refractivity contribution in [2.45, 2.75) is 113 Å². The molecule has 0 unspecified atom stereocenters. The van der Waals surface area contributed by atoms with Crippen LogP contribution in [0.2, 0.25) is 10.0 Å². The molecular formula is C60H68Cl2N2O10. The van der Waals surface area contributed by atoms with E-state index < -0.39 is 0 Å². The number of halogens is 2. The number of hydrogen-bond acceptors (Lipinski definition) is 12. The summed E-state index contributed by atoms with van der Waals surface area (Å²) in [5.74, 6) is 3.14. The molecule has 2 saturated heterocycles. The van der Waals surface area contributed by atoms with Crippen LogP contribution >= 0.6 is 23.2 Å². The van der Waals surface area contributed by atoms with Crippen molar-refractivity contribution in [2.75, 3.05) is 76.6 Å². The molecule has 8 aliphatic rings. The number of fused-ring (bicyclic) bond motifs is 6. The van der Waals surface area contributed by atoms with Crippen molar-refractivity contribution in [1.29, 1.82) is 0 Å². The lowest BCUT2D eigenvalue weighted by molar-refractivity contribution is -0.136. The van der Waals surface area contributed by atoms with Gasteiger partial charge in [0.05, 0.1) is 75.4 Å². The summed E-state index contributed by atoms with van der Waals surface area (Å²) >= 11 is 12.7. The van der Waals surface area contributed by atoms with Crippen LogP contribution in [0.5, 0.6) is 11.5 Å². The highest BCUT2D eigenvalue weighted by Crippen LogP contribution is 2.50. The number of hydrogen-bond donors (Lipinski definition) is 0. The Morgan fingerprint density at radius 3 is 1.43 bits per heavy atom. The Morgan fingerprint density at radius 2 is 1.04 bits per heavy atom. The number of methoxy groups -OCH3 is 2. The van der Waals surface area contributed by atoms with Crippen LogP contribution in [0, 0.1) is 23.7 Å². The molecule has 14 heteroatoms. The molecule has 0 radical (unpaired) electrons. The lowest BCUT2D eigenvalue weighted by Crippen LogP contribution is -2.50. The van der Waals surface area contributed by atoms with Crippen LogP contribution in [-0.2, 0) is 52.2 Å². The average molecular weight is 1050 g/mol. The topological polar surface area (TPSA) is 130 Å². The summed E-state index contributed by atoms with van der Waals surface area (Å²) in [4.78, 5) is 54.0. The molecule has 2 spiro atoms. The van der Waals surface area contributed by atoms with E-state index in [-0.39, 0.29) is 35.0 Å². The van der Waals surface area contributed by atoms with E-state index in [1.165, 1.54) is 36.5 Å². The summed E-state index contributed by atoms with van der Waals surface area (Å²) < 4.78 is 35.2. The number of carbonyl (C=O) groups excluding carboxylic acids is 4. The number of esters is 2. The standard InChI is InChI=1S/2C30H34ClNO5/c2*1-35-29(34)20-5-9-27-26(14-20)32(16-21-4-7-24(21)28-15-23(33)10-12-36-28)17-30(18-37-27)11-2-3-19-13-22(31)6-8-25(19)30/h2*5-6,8-9,13-14,21,24,28H,2-4,7,10-12,15-18H2,1H3/t21-,24+,28+,30-;21-,24+,28-,30-/m00/s1. The number of ketones is 2. The normalized spacial score (nSPS) is 29.0. The zero-order valence-electron chi connectivity index (χ0n) is 42.7. The highest BCUT2D eigenvalue weighted by Gasteiger charge is 2.47. The highest BCUT2D eigenvalue weighted by atomic mass is 35.5. The van der Waals surface area contributed by atoms with E-state index in [1.54, 1.807) is 12.1 Å². The molecule has 4 aromatic rings. The molecule has 12 rings (SSSR count). The molecule has 4 aliphatic heterocycles. The van der Waals surface area contributed by atoms with Crippen LogP contribution in [0.4, 0.5) is 11.4 Å². The smallest absolute Gasteiger partial charge is 0.337 e. The van der Waals surface area contributed by atoms with Crippen molar-refractivity contribution in [1.82, 2.24) is 0 Å². The average Bonchev–Trinajstić information content (AvgIpc) is 3.63. The number of Topliss-reactive ketones (excluding diaryl/α,β-unsaturated/α-hetero) is 2. The fraction of sp³-hybridized carbons (Fsp3) is 0.533. The zero-order valence-corrected chi connectivity index (χ0v) is 44.2. The third-order valence-electron chi connectivity index (χ3n) is 18.0. The SMILES string of the molecule is COC(=O)c1ccc2c(c1)N(C[C@@H]1CC[C@H]1[C@@H]1CC(=O)CCO1)C[C@@]1(CCCc3cc(Cl)ccc31)CO2.COC(=O)c1ccc2c(c1)N(C[C@@H]1CC[C@H]1[C@H]1CC(=O)CCO1)C[C@@]1(CCCc3cc(Cl)ccc31)CO2. The van der Waals surface area contributed by atoms with Crippen molar-refractivity contribution in [3.8, 4) is 11.5 Å². The molecule has 0 bridgehead atoms. The van der Waals surface area contributed by atoms with Gasteiger partial charge in [-0.1, -0.05) is 35.3 Å². The molecule has 0 amide bonds. The Morgan fingerprint density at radius 1 is 0.595 bits per heavy atom. The quantitative estimate of drug-likeness (QED) is 0.156. The number of nitrogens with zero attached hydrogens (tertiary/aromatic N) is 2. The molecule has 4 aromatic carbocycles. The number of anilines is 2. The van der Waals surface area contributed by atoms with E-state index in [1.807, 2.05) is 36.4 Å². The second-order valence-corrected chi connectivity index (χ2v) is 23.2. The Kier molecular flexibility index (Phi) is 14.8. The van der Waals surface area contributed by atoms with Gasteiger partial charge in [0.1, 0.15) is 23.1 Å². The van der Waals surface area contributed by atoms with Crippen LogP contribution < -0.4 is 19.3 Å². The largest absolute Gasteiger partial charge is 0.490 e. The van der Waals surface area contributed by atoms with Crippen molar-refractivity contribution in [3.63, 3.8) is 0 Å². The molecule has 74 heavy (non-hydrogen) atoms. The molecule has 4 fully saturated rings. The minimum atomic E-state index is -0.352. The lowest BCUT2D eigenvalue weighted by Gasteiger charge is -2.47. The number of aryl methyl sites for hydroxylation is 2. The predicted molar refractivity (Wildman–Crippen MR) is 284 cm³/mol. The maximum Gasteiger partial charge on any atom is 0.337 e. The fourth-order valence-electron chi connectivity index (χ4n) is 13.9. The molecule has 2 saturated carbocycles. The number of rotatable bonds is 8. The molecule has 4 heterocycles. The van der Waals surface area contributed by atoms with Crippen LogP contribution in [0.15, 0.2) is 72.8 Å². The van der Waals surface area contributed by atoms with Gasteiger partial charge in [-0.05, 0) is 171 Å². The van der Waals surface area contributed by atoms with Gasteiger partial charge in [0.15, 0.2) is 0 Å².